The van der Waals surface area contributed by atoms with Crippen LogP contribution >= 0.6 is 0 Å². The molecule has 0 aromatic carbocycles. The molecular weight excluding hydrogens is 208 g/mol. The van der Waals surface area contributed by atoms with Gasteiger partial charge in [0.05, 0.1) is 6.54 Å². The maximum atomic E-state index is 11.5. The number of amides is 3. The minimum absolute atomic E-state index is 0.0342. The Labute approximate surface area is 95.8 Å². The van der Waals surface area contributed by atoms with Gasteiger partial charge in [-0.15, -0.1) is 0 Å². The van der Waals surface area contributed by atoms with Gasteiger partial charge in [0.2, 0.25) is 5.91 Å². The number of nitrogens with one attached hydrogen (secondary N) is 3. The van der Waals surface area contributed by atoms with Crippen molar-refractivity contribution in [2.24, 2.45) is 0 Å². The van der Waals surface area contributed by atoms with Gasteiger partial charge < -0.3 is 10.6 Å². The molecule has 0 aliphatic carbocycles. The molecule has 16 heavy (non-hydrogen) atoms. The second kappa shape index (κ2) is 6.44. The zero-order valence-corrected chi connectivity index (χ0v) is 9.88. The molecule has 3 amide bonds. The van der Waals surface area contributed by atoms with Crippen molar-refractivity contribution in [3.05, 3.63) is 0 Å². The van der Waals surface area contributed by atoms with E-state index in [0.717, 1.165) is 26.2 Å². The fourth-order valence-corrected chi connectivity index (χ4v) is 1.54. The van der Waals surface area contributed by atoms with Gasteiger partial charge in [0.25, 0.3) is 0 Å². The van der Waals surface area contributed by atoms with Gasteiger partial charge in [0.15, 0.2) is 0 Å². The lowest BCUT2D eigenvalue weighted by atomic mass is 10.3. The summed E-state index contributed by atoms with van der Waals surface area (Å²) in [6.45, 7) is 7.46. The van der Waals surface area contributed by atoms with Crippen LogP contribution in [0.4, 0.5) is 4.79 Å². The van der Waals surface area contributed by atoms with Crippen LogP contribution in [-0.4, -0.2) is 55.6 Å². The summed E-state index contributed by atoms with van der Waals surface area (Å²) in [7, 11) is 0. The van der Waals surface area contributed by atoms with E-state index in [1.807, 2.05) is 18.7 Å². The average molecular weight is 228 g/mol. The number of piperazine rings is 1. The molecule has 1 fully saturated rings. The minimum atomic E-state index is -0.421. The highest BCUT2D eigenvalue weighted by Gasteiger charge is 2.15. The summed E-state index contributed by atoms with van der Waals surface area (Å²) in [4.78, 5) is 24.7. The SMILES string of the molecule is CC(C)NC(=O)NC(=O)CN1CCNCC1. The highest BCUT2D eigenvalue weighted by molar-refractivity contribution is 5.95. The smallest absolute Gasteiger partial charge is 0.321 e. The first kappa shape index (κ1) is 12.9. The van der Waals surface area contributed by atoms with E-state index in [1.54, 1.807) is 0 Å². The van der Waals surface area contributed by atoms with Gasteiger partial charge in [-0.25, -0.2) is 4.79 Å². The monoisotopic (exact) mass is 228 g/mol. The van der Waals surface area contributed by atoms with Crippen molar-refractivity contribution in [1.29, 1.82) is 0 Å². The van der Waals surface area contributed by atoms with Gasteiger partial charge >= 0.3 is 6.03 Å². The lowest BCUT2D eigenvalue weighted by molar-refractivity contribution is -0.121. The quantitative estimate of drug-likeness (QED) is 0.587. The van der Waals surface area contributed by atoms with Gasteiger partial charge in [-0.1, -0.05) is 0 Å². The van der Waals surface area contributed by atoms with E-state index in [1.165, 1.54) is 0 Å². The molecule has 0 aromatic heterocycles. The van der Waals surface area contributed by atoms with E-state index in [9.17, 15) is 9.59 Å². The molecule has 1 saturated heterocycles. The molecule has 0 atom stereocenters. The van der Waals surface area contributed by atoms with Crippen molar-refractivity contribution in [2.75, 3.05) is 32.7 Å². The molecule has 92 valence electrons. The van der Waals surface area contributed by atoms with Gasteiger partial charge in [-0.3, -0.25) is 15.0 Å². The molecule has 0 radical (unpaired) electrons. The Bertz CT molecular complexity index is 249. The van der Waals surface area contributed by atoms with Crippen LogP contribution in [0, 0.1) is 0 Å². The number of hydrogen-bond donors (Lipinski definition) is 3. The van der Waals surface area contributed by atoms with E-state index < -0.39 is 6.03 Å². The van der Waals surface area contributed by atoms with E-state index in [2.05, 4.69) is 16.0 Å². The number of carbonyl (C=O) groups excluding carboxylic acids is 2. The molecule has 6 nitrogen and oxygen atoms in total. The van der Waals surface area contributed by atoms with Crippen LogP contribution in [-0.2, 0) is 4.79 Å². The third-order valence-corrected chi connectivity index (χ3v) is 2.25. The molecule has 1 rings (SSSR count). The number of nitrogens with zero attached hydrogens (tertiary/aromatic N) is 1. The fourth-order valence-electron chi connectivity index (χ4n) is 1.54. The fraction of sp³-hybridized carbons (Fsp3) is 0.800. The largest absolute Gasteiger partial charge is 0.336 e. The third kappa shape index (κ3) is 5.09. The zero-order chi connectivity index (χ0) is 12.0. The molecule has 3 N–H and O–H groups in total. The Kier molecular flexibility index (Phi) is 5.21. The average Bonchev–Trinajstić information content (AvgIpc) is 2.17. The highest BCUT2D eigenvalue weighted by atomic mass is 16.2. The lowest BCUT2D eigenvalue weighted by Crippen LogP contribution is -2.50. The molecule has 0 unspecified atom stereocenters. The molecule has 0 bridgehead atoms. The van der Waals surface area contributed by atoms with E-state index in [0.29, 0.717) is 0 Å². The number of urea groups is 1. The zero-order valence-electron chi connectivity index (χ0n) is 9.88. The Morgan fingerprint density at radius 3 is 2.50 bits per heavy atom. The summed E-state index contributed by atoms with van der Waals surface area (Å²) in [5, 5.41) is 8.12. The van der Waals surface area contributed by atoms with Gasteiger partial charge in [0.1, 0.15) is 0 Å². The molecule has 6 heteroatoms. The second-order valence-electron chi connectivity index (χ2n) is 4.20. The van der Waals surface area contributed by atoms with Crippen LogP contribution in [0.1, 0.15) is 13.8 Å². The first-order valence-electron chi connectivity index (χ1n) is 5.61. The normalized spacial score (nSPS) is 17.2. The minimum Gasteiger partial charge on any atom is -0.336 e. The standard InChI is InChI=1S/C10H20N4O2/c1-8(2)12-10(16)13-9(15)7-14-5-3-11-4-6-14/h8,11H,3-7H2,1-2H3,(H2,12,13,15,16). The lowest BCUT2D eigenvalue weighted by Gasteiger charge is -2.26. The summed E-state index contributed by atoms with van der Waals surface area (Å²) >= 11 is 0. The molecule has 1 heterocycles. The number of hydrogen-bond acceptors (Lipinski definition) is 4. The third-order valence-electron chi connectivity index (χ3n) is 2.25. The Morgan fingerprint density at radius 1 is 1.31 bits per heavy atom. The molecule has 1 aliphatic heterocycles. The molecule has 0 spiro atoms. The number of imide groups is 1. The van der Waals surface area contributed by atoms with Crippen molar-refractivity contribution in [3.63, 3.8) is 0 Å². The van der Waals surface area contributed by atoms with Crippen LogP contribution < -0.4 is 16.0 Å². The van der Waals surface area contributed by atoms with Crippen molar-refractivity contribution in [3.8, 4) is 0 Å². The predicted octanol–water partition coefficient (Wildman–Crippen LogP) is -0.874. The highest BCUT2D eigenvalue weighted by Crippen LogP contribution is 1.90. The van der Waals surface area contributed by atoms with Crippen molar-refractivity contribution >= 4 is 11.9 Å². The van der Waals surface area contributed by atoms with Crippen LogP contribution in [0.5, 0.6) is 0 Å². The van der Waals surface area contributed by atoms with Gasteiger partial charge in [-0.2, -0.15) is 0 Å². The maximum Gasteiger partial charge on any atom is 0.321 e. The molecular formula is C10H20N4O2. The number of rotatable bonds is 3. The first-order chi connectivity index (χ1) is 7.58. The Morgan fingerprint density at radius 2 is 1.94 bits per heavy atom. The summed E-state index contributed by atoms with van der Waals surface area (Å²) in [5.74, 6) is -0.250. The summed E-state index contributed by atoms with van der Waals surface area (Å²) in [5.41, 5.74) is 0. The van der Waals surface area contributed by atoms with Crippen molar-refractivity contribution in [1.82, 2.24) is 20.9 Å². The summed E-state index contributed by atoms with van der Waals surface area (Å²) < 4.78 is 0. The van der Waals surface area contributed by atoms with E-state index in [4.69, 9.17) is 0 Å². The second-order valence-corrected chi connectivity index (χ2v) is 4.20. The predicted molar refractivity (Wildman–Crippen MR) is 61.1 cm³/mol. The van der Waals surface area contributed by atoms with Gasteiger partial charge in [0, 0.05) is 32.2 Å². The van der Waals surface area contributed by atoms with E-state index >= 15 is 0 Å². The first-order valence-corrected chi connectivity index (χ1v) is 5.61. The van der Waals surface area contributed by atoms with Crippen molar-refractivity contribution < 1.29 is 9.59 Å². The van der Waals surface area contributed by atoms with Gasteiger partial charge in [-0.05, 0) is 13.8 Å². The molecule has 0 saturated carbocycles. The van der Waals surface area contributed by atoms with Crippen LogP contribution in [0.25, 0.3) is 0 Å². The topological polar surface area (TPSA) is 73.5 Å². The summed E-state index contributed by atoms with van der Waals surface area (Å²) in [6.07, 6.45) is 0. The Balaban J connectivity index is 2.21. The van der Waals surface area contributed by atoms with Crippen molar-refractivity contribution in [2.45, 2.75) is 19.9 Å². The number of carbonyl (C=O) groups is 2. The van der Waals surface area contributed by atoms with Crippen LogP contribution in [0.15, 0.2) is 0 Å². The Hall–Kier alpha value is -1.14. The van der Waals surface area contributed by atoms with Crippen LogP contribution in [0.2, 0.25) is 0 Å². The molecule has 1 aliphatic rings. The maximum absolute atomic E-state index is 11.5. The molecule has 0 aromatic rings. The van der Waals surface area contributed by atoms with Crippen LogP contribution in [0.3, 0.4) is 0 Å². The summed E-state index contributed by atoms with van der Waals surface area (Å²) in [6, 6.07) is -0.387. The van der Waals surface area contributed by atoms with E-state index in [-0.39, 0.29) is 18.5 Å².